The van der Waals surface area contributed by atoms with E-state index in [2.05, 4.69) is 73.8 Å². The van der Waals surface area contributed by atoms with Gasteiger partial charge >= 0.3 is 0 Å². The Morgan fingerprint density at radius 1 is 0.793 bits per heavy atom. The Bertz CT molecular complexity index is 1170. The van der Waals surface area contributed by atoms with Crippen LogP contribution in [0.1, 0.15) is 11.1 Å². The third kappa shape index (κ3) is 4.43. The molecule has 144 valence electrons. The van der Waals surface area contributed by atoms with Gasteiger partial charge in [0.15, 0.2) is 5.82 Å². The molecule has 1 aromatic heterocycles. The van der Waals surface area contributed by atoms with Crippen molar-refractivity contribution in [2.75, 3.05) is 5.32 Å². The Labute approximate surface area is 171 Å². The summed E-state index contributed by atoms with van der Waals surface area (Å²) >= 11 is 0. The summed E-state index contributed by atoms with van der Waals surface area (Å²) < 4.78 is 1.89. The minimum atomic E-state index is 0.719. The molecule has 4 nitrogen and oxygen atoms in total. The van der Waals surface area contributed by atoms with E-state index in [1.165, 1.54) is 11.1 Å². The molecule has 0 unspecified atom stereocenters. The van der Waals surface area contributed by atoms with E-state index >= 15 is 0 Å². The quantitative estimate of drug-likeness (QED) is 0.495. The molecule has 1 N–H and O–H groups in total. The van der Waals surface area contributed by atoms with Crippen LogP contribution in [0.4, 0.5) is 17.2 Å². The molecule has 4 rings (SSSR count). The van der Waals surface area contributed by atoms with Crippen LogP contribution in [0.15, 0.2) is 89.9 Å². The van der Waals surface area contributed by atoms with E-state index < -0.39 is 0 Å². The molecule has 0 amide bonds. The molecule has 1 heterocycles. The molecular formula is C25H24N4. The number of rotatable bonds is 4. The van der Waals surface area contributed by atoms with Gasteiger partial charge in [0, 0.05) is 12.7 Å². The fourth-order valence-electron chi connectivity index (χ4n) is 3.13. The lowest BCUT2D eigenvalue weighted by Gasteiger charge is -2.13. The highest BCUT2D eigenvalue weighted by Gasteiger charge is 2.08. The fourth-order valence-corrected chi connectivity index (χ4v) is 3.13. The zero-order valence-corrected chi connectivity index (χ0v) is 16.9. The van der Waals surface area contributed by atoms with Gasteiger partial charge in [-0.1, -0.05) is 65.7 Å². The Morgan fingerprint density at radius 2 is 1.41 bits per heavy atom. The van der Waals surface area contributed by atoms with Crippen LogP contribution in [-0.2, 0) is 7.05 Å². The van der Waals surface area contributed by atoms with Gasteiger partial charge in [0.05, 0.1) is 11.4 Å². The van der Waals surface area contributed by atoms with E-state index in [1.807, 2.05) is 42.1 Å². The minimum Gasteiger partial charge on any atom is -0.337 e. The summed E-state index contributed by atoms with van der Waals surface area (Å²) in [5.41, 5.74) is 6.42. The number of hydrogen-bond acceptors (Lipinski definition) is 3. The average molecular weight is 380 g/mol. The number of aromatic nitrogens is 2. The van der Waals surface area contributed by atoms with Crippen LogP contribution in [0.3, 0.4) is 0 Å². The van der Waals surface area contributed by atoms with Crippen molar-refractivity contribution >= 4 is 17.2 Å². The van der Waals surface area contributed by atoms with Crippen LogP contribution in [0.5, 0.6) is 0 Å². The highest BCUT2D eigenvalue weighted by atomic mass is 15.3. The van der Waals surface area contributed by atoms with Crippen molar-refractivity contribution < 1.29 is 0 Å². The highest BCUT2D eigenvalue weighted by molar-refractivity contribution is 5.62. The first-order valence-corrected chi connectivity index (χ1v) is 9.67. The number of nitrogens with zero attached hydrogens (tertiary/aromatic N) is 3. The number of hydrogen-bond donors (Lipinski definition) is 1. The first-order chi connectivity index (χ1) is 14.1. The molecule has 3 aromatic carbocycles. The van der Waals surface area contributed by atoms with Gasteiger partial charge in [0.25, 0.3) is 0 Å². The molecule has 0 radical (unpaired) electrons. The van der Waals surface area contributed by atoms with Gasteiger partial charge in [-0.05, 0) is 49.7 Å². The molecule has 0 bridgehead atoms. The molecule has 0 spiro atoms. The van der Waals surface area contributed by atoms with Gasteiger partial charge in [0.1, 0.15) is 5.36 Å². The molecule has 4 aromatic rings. The van der Waals surface area contributed by atoms with Gasteiger partial charge in [-0.2, -0.15) is 5.10 Å². The Balaban J connectivity index is 1.85. The van der Waals surface area contributed by atoms with Crippen molar-refractivity contribution in [3.8, 4) is 11.3 Å². The smallest absolute Gasteiger partial charge is 0.176 e. The predicted octanol–water partition coefficient (Wildman–Crippen LogP) is 5.68. The Kier molecular flexibility index (Phi) is 5.25. The van der Waals surface area contributed by atoms with Crippen LogP contribution >= 0.6 is 0 Å². The van der Waals surface area contributed by atoms with Crippen LogP contribution in [-0.4, -0.2) is 9.78 Å². The third-order valence-electron chi connectivity index (χ3n) is 4.78. The zero-order valence-electron chi connectivity index (χ0n) is 16.9. The molecule has 4 heteroatoms. The summed E-state index contributed by atoms with van der Waals surface area (Å²) in [6.07, 6.45) is 0. The van der Waals surface area contributed by atoms with E-state index in [0.29, 0.717) is 0 Å². The number of nitrogens with one attached hydrogen (secondary N) is 1. The molecule has 0 saturated heterocycles. The Hall–Kier alpha value is -3.66. The second-order valence-electron chi connectivity index (χ2n) is 7.19. The van der Waals surface area contributed by atoms with Gasteiger partial charge in [-0.3, -0.25) is 4.68 Å². The van der Waals surface area contributed by atoms with Crippen molar-refractivity contribution in [1.82, 2.24) is 9.78 Å². The normalized spacial score (nSPS) is 11.5. The highest BCUT2D eigenvalue weighted by Crippen LogP contribution is 2.20. The number of anilines is 2. The van der Waals surface area contributed by atoms with Gasteiger partial charge in [-0.25, -0.2) is 4.99 Å². The third-order valence-corrected chi connectivity index (χ3v) is 4.78. The summed E-state index contributed by atoms with van der Waals surface area (Å²) in [6.45, 7) is 4.15. The number of aryl methyl sites for hydroxylation is 3. The maximum absolute atomic E-state index is 4.88. The SMILES string of the molecule is Cc1ccc(N=c2cc(-c3ccccc3)n(C)nc2Nc2ccc(C)cc2)cc1. The monoisotopic (exact) mass is 380 g/mol. The largest absolute Gasteiger partial charge is 0.337 e. The van der Waals surface area contributed by atoms with Gasteiger partial charge in [0.2, 0.25) is 0 Å². The molecule has 29 heavy (non-hydrogen) atoms. The molecule has 0 saturated carbocycles. The molecule has 0 fully saturated rings. The minimum absolute atomic E-state index is 0.719. The zero-order chi connectivity index (χ0) is 20.2. The van der Waals surface area contributed by atoms with Gasteiger partial charge in [-0.15, -0.1) is 0 Å². The van der Waals surface area contributed by atoms with Crippen molar-refractivity contribution in [3.63, 3.8) is 0 Å². The summed E-state index contributed by atoms with van der Waals surface area (Å²) in [6, 6.07) is 28.8. The second kappa shape index (κ2) is 8.15. The predicted molar refractivity (Wildman–Crippen MR) is 120 cm³/mol. The van der Waals surface area contributed by atoms with Crippen LogP contribution in [0, 0.1) is 13.8 Å². The molecule has 0 aliphatic rings. The average Bonchev–Trinajstić information content (AvgIpc) is 2.74. The summed E-state index contributed by atoms with van der Waals surface area (Å²) in [7, 11) is 1.96. The lowest BCUT2D eigenvalue weighted by atomic mass is 10.1. The number of benzene rings is 3. The standard InChI is InChI=1S/C25H24N4/c1-18-9-13-21(14-10-18)26-23-17-24(20-7-5-4-6-8-20)29(3)28-25(23)27-22-15-11-19(2)12-16-22/h4-17H,1-3H3,(H,27,28). The molecular weight excluding hydrogens is 356 g/mol. The molecule has 0 aliphatic carbocycles. The molecule has 0 aliphatic heterocycles. The first-order valence-electron chi connectivity index (χ1n) is 9.67. The summed E-state index contributed by atoms with van der Waals surface area (Å²) in [5.74, 6) is 0.719. The second-order valence-corrected chi connectivity index (χ2v) is 7.19. The van der Waals surface area contributed by atoms with E-state index in [-0.39, 0.29) is 0 Å². The fraction of sp³-hybridized carbons (Fsp3) is 0.120. The Morgan fingerprint density at radius 3 is 2.07 bits per heavy atom. The van der Waals surface area contributed by atoms with E-state index in [9.17, 15) is 0 Å². The van der Waals surface area contributed by atoms with Crippen LogP contribution in [0.25, 0.3) is 11.3 Å². The lowest BCUT2D eigenvalue weighted by molar-refractivity contribution is 0.748. The van der Waals surface area contributed by atoms with Crippen LogP contribution < -0.4 is 10.7 Å². The summed E-state index contributed by atoms with van der Waals surface area (Å²) in [5, 5.41) is 9.02. The van der Waals surface area contributed by atoms with Crippen molar-refractivity contribution in [2.24, 2.45) is 12.0 Å². The van der Waals surface area contributed by atoms with E-state index in [4.69, 9.17) is 10.1 Å². The van der Waals surface area contributed by atoms with Crippen molar-refractivity contribution in [2.45, 2.75) is 13.8 Å². The maximum Gasteiger partial charge on any atom is 0.176 e. The topological polar surface area (TPSA) is 42.2 Å². The molecule has 0 atom stereocenters. The van der Waals surface area contributed by atoms with Crippen LogP contribution in [0.2, 0.25) is 0 Å². The maximum atomic E-state index is 4.88. The van der Waals surface area contributed by atoms with Crippen molar-refractivity contribution in [3.05, 3.63) is 101 Å². The van der Waals surface area contributed by atoms with E-state index in [0.717, 1.165) is 33.8 Å². The van der Waals surface area contributed by atoms with Crippen molar-refractivity contribution in [1.29, 1.82) is 0 Å². The summed E-state index contributed by atoms with van der Waals surface area (Å²) in [4.78, 5) is 4.88. The van der Waals surface area contributed by atoms with Gasteiger partial charge < -0.3 is 5.32 Å². The first kappa shape index (κ1) is 18.7. The lowest BCUT2D eigenvalue weighted by Crippen LogP contribution is -2.17. The van der Waals surface area contributed by atoms with E-state index in [1.54, 1.807) is 0 Å².